The second-order valence-corrected chi connectivity index (χ2v) is 15.0. The maximum atomic E-state index is 14.1. The molecule has 1 N–H and O–H groups in total. The molecule has 5 rings (SSSR count). The molecule has 0 aromatic rings. The van der Waals surface area contributed by atoms with Gasteiger partial charge in [-0.2, -0.15) is 0 Å². The molecule has 37 heavy (non-hydrogen) atoms. The summed E-state index contributed by atoms with van der Waals surface area (Å²) >= 11 is 0. The fraction of sp³-hybridized carbons (Fsp3) is 0.875. The molecule has 4 aliphatic carbocycles. The molecule has 0 aromatic carbocycles. The van der Waals surface area contributed by atoms with Crippen LogP contribution in [-0.2, 0) is 19.1 Å². The van der Waals surface area contributed by atoms with E-state index in [-0.39, 0.29) is 46.3 Å². The molecule has 0 radical (unpaired) electrons. The second kappa shape index (κ2) is 8.57. The fourth-order valence-electron chi connectivity index (χ4n) is 10.6. The molecule has 1 spiro atoms. The largest absolute Gasteiger partial charge is 0.462 e. The highest BCUT2D eigenvalue weighted by molar-refractivity contribution is 5.83. The van der Waals surface area contributed by atoms with Gasteiger partial charge in [0.05, 0.1) is 11.5 Å². The van der Waals surface area contributed by atoms with Crippen LogP contribution in [-0.4, -0.2) is 34.9 Å². The van der Waals surface area contributed by atoms with E-state index in [1.165, 1.54) is 6.92 Å². The van der Waals surface area contributed by atoms with Gasteiger partial charge in [-0.15, -0.1) is 0 Å². The number of aliphatic hydroxyl groups excluding tert-OH is 1. The van der Waals surface area contributed by atoms with E-state index in [1.807, 2.05) is 0 Å². The summed E-state index contributed by atoms with van der Waals surface area (Å²) in [4.78, 5) is 26.0. The zero-order chi connectivity index (χ0) is 27.2. The van der Waals surface area contributed by atoms with Gasteiger partial charge in [0.2, 0.25) is 0 Å². The van der Waals surface area contributed by atoms with Gasteiger partial charge in [-0.25, -0.2) is 0 Å². The van der Waals surface area contributed by atoms with E-state index >= 15 is 0 Å². The number of fused-ring (bicyclic) bond motifs is 3. The molecule has 208 valence electrons. The van der Waals surface area contributed by atoms with Gasteiger partial charge in [0.25, 0.3) is 0 Å². The maximum Gasteiger partial charge on any atom is 0.313 e. The summed E-state index contributed by atoms with van der Waals surface area (Å²) in [5.41, 5.74) is 1.90. The third kappa shape index (κ3) is 3.64. The highest BCUT2D eigenvalue weighted by Crippen LogP contribution is 2.75. The molecule has 0 aromatic heterocycles. The lowest BCUT2D eigenvalue weighted by atomic mass is 9.43. The smallest absolute Gasteiger partial charge is 0.313 e. The fourth-order valence-corrected chi connectivity index (χ4v) is 10.6. The lowest BCUT2D eigenvalue weighted by molar-refractivity contribution is -0.162. The Morgan fingerprint density at radius 1 is 1.00 bits per heavy atom. The van der Waals surface area contributed by atoms with Gasteiger partial charge in [0.15, 0.2) is 0 Å². The number of carbonyl (C=O) groups excluding carboxylic acids is 2. The Morgan fingerprint density at radius 2 is 1.70 bits per heavy atom. The van der Waals surface area contributed by atoms with Crippen molar-refractivity contribution in [3.63, 3.8) is 0 Å². The quantitative estimate of drug-likeness (QED) is 0.324. The molecule has 2 saturated carbocycles. The minimum Gasteiger partial charge on any atom is -0.462 e. The van der Waals surface area contributed by atoms with Crippen LogP contribution in [0.25, 0.3) is 0 Å². The number of rotatable bonds is 5. The summed E-state index contributed by atoms with van der Waals surface area (Å²) in [6, 6.07) is 0. The Labute approximate surface area is 224 Å². The Hall–Kier alpha value is -1.36. The van der Waals surface area contributed by atoms with E-state index in [2.05, 4.69) is 48.5 Å². The average Bonchev–Trinajstić information content (AvgIpc) is 3.20. The number of allylic oxidation sites excluding steroid dienone is 2. The minimum atomic E-state index is -0.611. The first kappa shape index (κ1) is 27.2. The van der Waals surface area contributed by atoms with E-state index in [9.17, 15) is 14.7 Å². The van der Waals surface area contributed by atoms with Crippen LogP contribution in [0, 0.1) is 39.4 Å². The molecular formula is C32H50O5. The van der Waals surface area contributed by atoms with Gasteiger partial charge in [-0.3, -0.25) is 9.59 Å². The molecular weight excluding hydrogens is 464 g/mol. The lowest BCUT2D eigenvalue weighted by Gasteiger charge is -2.61. The average molecular weight is 515 g/mol. The normalized spacial score (nSPS) is 45.0. The number of cyclic esters (lactones) is 1. The zero-order valence-corrected chi connectivity index (χ0v) is 24.5. The van der Waals surface area contributed by atoms with Crippen molar-refractivity contribution in [1.82, 2.24) is 0 Å². The summed E-state index contributed by atoms with van der Waals surface area (Å²) < 4.78 is 12.2. The predicted molar refractivity (Wildman–Crippen MR) is 143 cm³/mol. The van der Waals surface area contributed by atoms with Gasteiger partial charge >= 0.3 is 11.9 Å². The molecule has 8 atom stereocenters. The first-order chi connectivity index (χ1) is 17.1. The number of aliphatic hydroxyl groups is 1. The maximum absolute atomic E-state index is 14.1. The molecule has 0 bridgehead atoms. The van der Waals surface area contributed by atoms with E-state index in [0.29, 0.717) is 18.3 Å². The van der Waals surface area contributed by atoms with Gasteiger partial charge in [0, 0.05) is 24.7 Å². The van der Waals surface area contributed by atoms with Gasteiger partial charge < -0.3 is 14.6 Å². The Balaban J connectivity index is 1.51. The van der Waals surface area contributed by atoms with Crippen LogP contribution in [0.5, 0.6) is 0 Å². The van der Waals surface area contributed by atoms with Crippen LogP contribution in [0.2, 0.25) is 0 Å². The van der Waals surface area contributed by atoms with Crippen LogP contribution in [0.4, 0.5) is 0 Å². The van der Waals surface area contributed by atoms with Crippen molar-refractivity contribution in [1.29, 1.82) is 0 Å². The molecule has 0 amide bonds. The summed E-state index contributed by atoms with van der Waals surface area (Å²) in [6.07, 6.45) is 8.72. The van der Waals surface area contributed by atoms with E-state index < -0.39 is 11.0 Å². The zero-order valence-electron chi connectivity index (χ0n) is 24.5. The van der Waals surface area contributed by atoms with Crippen molar-refractivity contribution in [2.75, 3.05) is 0 Å². The Morgan fingerprint density at radius 3 is 2.35 bits per heavy atom. The Kier molecular flexibility index (Phi) is 6.30. The topological polar surface area (TPSA) is 72.8 Å². The number of esters is 2. The SMILES string of the molecule is CC(=O)O[C@H](CC(C)C)C[C@]1(C)OC(=O)[C@]23CCC4=C(CC[C@H]5C(C)(C)[C@@H](O)CC[C@]45C)[C@]2(C)CC[C@@H]31. The molecule has 3 fully saturated rings. The van der Waals surface area contributed by atoms with Crippen LogP contribution in [0.1, 0.15) is 120 Å². The van der Waals surface area contributed by atoms with Crippen LogP contribution >= 0.6 is 0 Å². The van der Waals surface area contributed by atoms with Crippen molar-refractivity contribution in [3.05, 3.63) is 11.1 Å². The number of hydrogen-bond donors (Lipinski definition) is 1. The molecule has 1 aliphatic heterocycles. The van der Waals surface area contributed by atoms with E-state index in [1.54, 1.807) is 11.1 Å². The lowest BCUT2D eigenvalue weighted by Crippen LogP contribution is -2.56. The van der Waals surface area contributed by atoms with Crippen LogP contribution < -0.4 is 0 Å². The third-order valence-electron chi connectivity index (χ3n) is 12.3. The molecule has 5 aliphatic rings. The summed E-state index contributed by atoms with van der Waals surface area (Å²) in [5, 5.41) is 10.9. The first-order valence-corrected chi connectivity index (χ1v) is 14.9. The van der Waals surface area contributed by atoms with Crippen molar-refractivity contribution in [2.45, 2.75) is 137 Å². The molecule has 1 heterocycles. The minimum absolute atomic E-state index is 0.00987. The highest BCUT2D eigenvalue weighted by Gasteiger charge is 2.75. The van der Waals surface area contributed by atoms with Gasteiger partial charge in [-0.05, 0) is 87.4 Å². The van der Waals surface area contributed by atoms with Crippen molar-refractivity contribution < 1.29 is 24.2 Å². The van der Waals surface area contributed by atoms with Crippen molar-refractivity contribution >= 4 is 11.9 Å². The molecule has 5 nitrogen and oxygen atoms in total. The number of hydrogen-bond acceptors (Lipinski definition) is 5. The number of carbonyl (C=O) groups is 2. The van der Waals surface area contributed by atoms with E-state index in [4.69, 9.17) is 9.47 Å². The van der Waals surface area contributed by atoms with Crippen LogP contribution in [0.15, 0.2) is 11.1 Å². The van der Waals surface area contributed by atoms with Gasteiger partial charge in [-0.1, -0.05) is 52.7 Å². The summed E-state index contributed by atoms with van der Waals surface area (Å²) in [7, 11) is 0. The van der Waals surface area contributed by atoms with Gasteiger partial charge in [0.1, 0.15) is 11.7 Å². The highest BCUT2D eigenvalue weighted by atomic mass is 16.6. The standard InChI is InChI=1S/C32H50O5/c1-19(2)17-21(36-20(3)33)18-31(8)25-12-15-30(7)23-9-10-24-28(4,5)26(34)13-14-29(24,6)22(23)11-16-32(25,30)27(35)37-31/h19,21,24-26,34H,9-18H2,1-8H3/t21-,24+,25-,26+,29-,30+,31+,32-/m1/s1. The van der Waals surface area contributed by atoms with Crippen molar-refractivity contribution in [3.8, 4) is 0 Å². The molecule has 1 saturated heterocycles. The van der Waals surface area contributed by atoms with Crippen molar-refractivity contribution in [2.24, 2.45) is 39.4 Å². The predicted octanol–water partition coefficient (Wildman–Crippen LogP) is 6.76. The molecule has 0 unspecified atom stereocenters. The van der Waals surface area contributed by atoms with Crippen LogP contribution in [0.3, 0.4) is 0 Å². The van der Waals surface area contributed by atoms with E-state index in [0.717, 1.165) is 57.8 Å². The Bertz CT molecular complexity index is 1010. The second-order valence-electron chi connectivity index (χ2n) is 15.0. The monoisotopic (exact) mass is 514 g/mol. The third-order valence-corrected chi connectivity index (χ3v) is 12.3. The number of ether oxygens (including phenoxy) is 2. The summed E-state index contributed by atoms with van der Waals surface area (Å²) in [5.74, 6) is 0.738. The first-order valence-electron chi connectivity index (χ1n) is 14.9. The molecule has 5 heteroatoms. The summed E-state index contributed by atoms with van der Waals surface area (Å²) in [6.45, 7) is 17.2.